The van der Waals surface area contributed by atoms with E-state index in [0.29, 0.717) is 19.0 Å². The summed E-state index contributed by atoms with van der Waals surface area (Å²) in [5.41, 5.74) is 1.01. The van der Waals surface area contributed by atoms with Gasteiger partial charge in [-0.15, -0.1) is 0 Å². The van der Waals surface area contributed by atoms with Gasteiger partial charge in [-0.2, -0.15) is 0 Å². The maximum Gasteiger partial charge on any atom is 0.530 e. The molecule has 0 aliphatic rings. The zero-order valence-electron chi connectivity index (χ0n) is 19.0. The number of rotatable bonds is 19. The molecule has 1 rings (SSSR count). The first kappa shape index (κ1) is 26.2. The summed E-state index contributed by atoms with van der Waals surface area (Å²) in [7, 11) is -3.60. The Morgan fingerprint density at radius 3 is 1.69 bits per heavy atom. The molecule has 0 amide bonds. The van der Waals surface area contributed by atoms with Gasteiger partial charge in [0.2, 0.25) is 0 Å². The van der Waals surface area contributed by atoms with Crippen LogP contribution in [-0.2, 0) is 20.0 Å². The number of para-hydroxylation sites is 1. The Labute approximate surface area is 179 Å². The fraction of sp³-hybridized carbons (Fsp3) is 0.750. The molecule has 168 valence electrons. The third kappa shape index (κ3) is 12.5. The number of unbranched alkanes of at least 4 members (excludes halogenated alkanes) is 10. The Morgan fingerprint density at radius 1 is 0.690 bits per heavy atom. The smallest absolute Gasteiger partial charge is 0.404 e. The van der Waals surface area contributed by atoms with Gasteiger partial charge in [-0.05, 0) is 30.9 Å². The van der Waals surface area contributed by atoms with Gasteiger partial charge in [0.05, 0.1) is 13.2 Å². The fourth-order valence-corrected chi connectivity index (χ4v) is 4.52. The third-order valence-electron chi connectivity index (χ3n) is 5.06. The summed E-state index contributed by atoms with van der Waals surface area (Å²) in [6.45, 7) is 7.31. The summed E-state index contributed by atoms with van der Waals surface area (Å²) in [5, 5.41) is 0. The molecule has 0 saturated carbocycles. The lowest BCUT2D eigenvalue weighted by Crippen LogP contribution is -2.06. The van der Waals surface area contributed by atoms with Gasteiger partial charge in [-0.1, -0.05) is 103 Å². The summed E-state index contributed by atoms with van der Waals surface area (Å²) in [4.78, 5) is 0. The van der Waals surface area contributed by atoms with Crippen LogP contribution in [0.4, 0.5) is 0 Å². The van der Waals surface area contributed by atoms with E-state index in [4.69, 9.17) is 13.6 Å². The van der Waals surface area contributed by atoms with Gasteiger partial charge in [0, 0.05) is 0 Å². The number of phosphoric ester groups is 1. The van der Waals surface area contributed by atoms with Crippen LogP contribution in [0.5, 0.6) is 5.75 Å². The van der Waals surface area contributed by atoms with Crippen molar-refractivity contribution in [3.8, 4) is 5.75 Å². The van der Waals surface area contributed by atoms with E-state index >= 15 is 0 Å². The van der Waals surface area contributed by atoms with Gasteiger partial charge >= 0.3 is 7.82 Å². The minimum atomic E-state index is -3.60. The number of aryl methyl sites for hydroxylation is 1. The fourth-order valence-electron chi connectivity index (χ4n) is 3.21. The predicted molar refractivity (Wildman–Crippen MR) is 123 cm³/mol. The van der Waals surface area contributed by atoms with E-state index in [2.05, 4.69) is 20.8 Å². The first-order chi connectivity index (χ1) is 14.1. The molecule has 0 heterocycles. The SMILES string of the molecule is CCCCCCCCOP(=O)(OCCCCCCCC)Oc1ccccc1CC. The Morgan fingerprint density at radius 2 is 1.17 bits per heavy atom. The van der Waals surface area contributed by atoms with E-state index in [1.165, 1.54) is 51.4 Å². The zero-order valence-corrected chi connectivity index (χ0v) is 19.9. The molecule has 1 aromatic carbocycles. The van der Waals surface area contributed by atoms with Crippen molar-refractivity contribution in [1.29, 1.82) is 0 Å². The minimum Gasteiger partial charge on any atom is -0.404 e. The van der Waals surface area contributed by atoms with Crippen LogP contribution in [0, 0.1) is 0 Å². The molecule has 0 aromatic heterocycles. The summed E-state index contributed by atoms with van der Waals surface area (Å²) in [6, 6.07) is 7.68. The Kier molecular flexibility index (Phi) is 15.3. The first-order valence-electron chi connectivity index (χ1n) is 11.8. The van der Waals surface area contributed by atoms with Crippen molar-refractivity contribution in [2.75, 3.05) is 13.2 Å². The number of phosphoric acid groups is 1. The standard InChI is InChI=1S/C24H43O4P/c1-4-7-9-11-13-17-21-26-29(25,27-22-18-14-12-10-8-5-2)28-24-20-16-15-19-23(24)6-3/h15-16,19-20H,4-14,17-18,21-22H2,1-3H3. The molecule has 0 unspecified atom stereocenters. The molecule has 0 atom stereocenters. The maximum absolute atomic E-state index is 13.3. The van der Waals surface area contributed by atoms with Crippen LogP contribution in [0.3, 0.4) is 0 Å². The van der Waals surface area contributed by atoms with Crippen LogP contribution in [-0.4, -0.2) is 13.2 Å². The summed E-state index contributed by atoms with van der Waals surface area (Å²) in [6.07, 6.45) is 14.7. The van der Waals surface area contributed by atoms with E-state index in [9.17, 15) is 4.57 Å². The van der Waals surface area contributed by atoms with Gasteiger partial charge in [0.25, 0.3) is 0 Å². The molecule has 0 saturated heterocycles. The molecular formula is C24H43O4P. The quantitative estimate of drug-likeness (QED) is 0.164. The molecule has 0 aliphatic heterocycles. The van der Waals surface area contributed by atoms with Crippen molar-refractivity contribution in [2.24, 2.45) is 0 Å². The molecule has 0 radical (unpaired) electrons. The van der Waals surface area contributed by atoms with Crippen LogP contribution < -0.4 is 4.52 Å². The zero-order chi connectivity index (χ0) is 21.2. The van der Waals surface area contributed by atoms with Crippen LogP contribution in [0.1, 0.15) is 103 Å². The molecule has 0 fully saturated rings. The molecule has 0 bridgehead atoms. The Hall–Kier alpha value is -0.830. The van der Waals surface area contributed by atoms with E-state index in [-0.39, 0.29) is 0 Å². The van der Waals surface area contributed by atoms with E-state index in [1.807, 2.05) is 24.3 Å². The molecule has 4 nitrogen and oxygen atoms in total. The molecule has 1 aromatic rings. The second kappa shape index (κ2) is 16.9. The van der Waals surface area contributed by atoms with Crippen molar-refractivity contribution < 1.29 is 18.1 Å². The van der Waals surface area contributed by atoms with Crippen molar-refractivity contribution >= 4 is 7.82 Å². The van der Waals surface area contributed by atoms with Crippen molar-refractivity contribution in [2.45, 2.75) is 104 Å². The highest BCUT2D eigenvalue weighted by Gasteiger charge is 2.29. The normalized spacial score (nSPS) is 11.7. The highest BCUT2D eigenvalue weighted by molar-refractivity contribution is 7.48. The highest BCUT2D eigenvalue weighted by Crippen LogP contribution is 2.50. The average molecular weight is 427 g/mol. The average Bonchev–Trinajstić information content (AvgIpc) is 2.73. The predicted octanol–water partition coefficient (Wildman–Crippen LogP) is 8.49. The van der Waals surface area contributed by atoms with E-state index in [0.717, 1.165) is 37.7 Å². The summed E-state index contributed by atoms with van der Waals surface area (Å²) < 4.78 is 30.5. The van der Waals surface area contributed by atoms with Gasteiger partial charge in [0.15, 0.2) is 0 Å². The second-order valence-electron chi connectivity index (χ2n) is 7.70. The van der Waals surface area contributed by atoms with Crippen molar-refractivity contribution in [1.82, 2.24) is 0 Å². The molecule has 0 aliphatic carbocycles. The molecule has 0 N–H and O–H groups in total. The van der Waals surface area contributed by atoms with Gasteiger partial charge in [-0.25, -0.2) is 4.57 Å². The molecule has 5 heteroatoms. The van der Waals surface area contributed by atoms with E-state index in [1.54, 1.807) is 0 Å². The third-order valence-corrected chi connectivity index (χ3v) is 6.48. The monoisotopic (exact) mass is 426 g/mol. The van der Waals surface area contributed by atoms with Crippen LogP contribution in [0.25, 0.3) is 0 Å². The van der Waals surface area contributed by atoms with E-state index < -0.39 is 7.82 Å². The summed E-state index contributed by atoms with van der Waals surface area (Å²) >= 11 is 0. The summed E-state index contributed by atoms with van der Waals surface area (Å²) in [5.74, 6) is 0.601. The van der Waals surface area contributed by atoms with Crippen molar-refractivity contribution in [3.05, 3.63) is 29.8 Å². The van der Waals surface area contributed by atoms with Crippen LogP contribution >= 0.6 is 7.82 Å². The van der Waals surface area contributed by atoms with Crippen LogP contribution in [0.15, 0.2) is 24.3 Å². The molecular weight excluding hydrogens is 383 g/mol. The second-order valence-corrected chi connectivity index (χ2v) is 9.30. The Balaban J connectivity index is 2.51. The number of benzene rings is 1. The van der Waals surface area contributed by atoms with Crippen molar-refractivity contribution in [3.63, 3.8) is 0 Å². The minimum absolute atomic E-state index is 0.411. The highest BCUT2D eigenvalue weighted by atomic mass is 31.2. The van der Waals surface area contributed by atoms with Gasteiger partial charge in [0.1, 0.15) is 5.75 Å². The lowest BCUT2D eigenvalue weighted by atomic mass is 10.1. The topological polar surface area (TPSA) is 44.8 Å². The lowest BCUT2D eigenvalue weighted by Gasteiger charge is -2.20. The molecule has 29 heavy (non-hydrogen) atoms. The van der Waals surface area contributed by atoms with Gasteiger partial charge in [-0.3, -0.25) is 9.05 Å². The number of hydrogen-bond acceptors (Lipinski definition) is 4. The lowest BCUT2D eigenvalue weighted by molar-refractivity contribution is 0.150. The van der Waals surface area contributed by atoms with Gasteiger partial charge < -0.3 is 4.52 Å². The molecule has 0 spiro atoms. The first-order valence-corrected chi connectivity index (χ1v) is 13.3. The van der Waals surface area contributed by atoms with Crippen LogP contribution in [0.2, 0.25) is 0 Å². The number of hydrogen-bond donors (Lipinski definition) is 0. The largest absolute Gasteiger partial charge is 0.530 e. The Bertz CT molecular complexity index is 540. The maximum atomic E-state index is 13.3.